The Hall–Kier alpha value is -4.34. The Morgan fingerprint density at radius 3 is 1.25 bits per heavy atom. The fourth-order valence-electron chi connectivity index (χ4n) is 2.11. The third-order valence-electron chi connectivity index (χ3n) is 3.38. The van der Waals surface area contributed by atoms with Gasteiger partial charge in [-0.25, -0.2) is 19.6 Å². The van der Waals surface area contributed by atoms with E-state index >= 15 is 0 Å². The number of carboxylic acid groups (broad SMARTS) is 2. The number of nitrogens with zero attached hydrogens (tertiary/aromatic N) is 6. The first-order valence-corrected chi connectivity index (χ1v) is 7.83. The Morgan fingerprint density at radius 2 is 0.964 bits per heavy atom. The molecule has 0 aliphatic heterocycles. The van der Waals surface area contributed by atoms with Crippen molar-refractivity contribution in [1.29, 1.82) is 0 Å². The molecule has 1 heterocycles. The van der Waals surface area contributed by atoms with Crippen molar-refractivity contribution in [3.63, 3.8) is 0 Å². The summed E-state index contributed by atoms with van der Waals surface area (Å²) in [4.78, 5) is 28.5. The molecule has 3 aromatic rings. The summed E-state index contributed by atoms with van der Waals surface area (Å²) in [5.74, 6) is -1.64. The molecule has 0 aliphatic rings. The largest absolute Gasteiger partial charge is 0.477 e. The van der Waals surface area contributed by atoms with Gasteiger partial charge in [0.05, 0.1) is 11.4 Å². The lowest BCUT2D eigenvalue weighted by Crippen LogP contribution is -1.99. The van der Waals surface area contributed by atoms with E-state index in [2.05, 4.69) is 30.4 Å². The summed E-state index contributed by atoms with van der Waals surface area (Å²) in [6, 6.07) is 13.2. The molecule has 0 saturated carbocycles. The van der Waals surface area contributed by atoms with Crippen molar-refractivity contribution in [2.24, 2.45) is 9.98 Å². The second-order valence-electron chi connectivity index (χ2n) is 5.33. The van der Waals surface area contributed by atoms with Gasteiger partial charge < -0.3 is 10.2 Å². The third kappa shape index (κ3) is 4.85. The summed E-state index contributed by atoms with van der Waals surface area (Å²) in [6.07, 6.45) is 1.61. The zero-order valence-corrected chi connectivity index (χ0v) is 14.2. The first kappa shape index (κ1) is 18.5. The summed E-state index contributed by atoms with van der Waals surface area (Å²) in [5.41, 5.74) is 2.27. The number of hydrogen-bond acceptors (Lipinski definition) is 8. The molecular weight excluding hydrogens is 364 g/mol. The molecule has 0 atom stereocenters. The van der Waals surface area contributed by atoms with E-state index in [1.165, 1.54) is 0 Å². The SMILES string of the molecule is O=C(O)C=Nc1ccc(-c2nnc(-c3ccc(N=CC(=O)O)cc3)nn2)cc1. The van der Waals surface area contributed by atoms with Crippen molar-refractivity contribution < 1.29 is 19.8 Å². The topological polar surface area (TPSA) is 151 Å². The fraction of sp³-hybridized carbons (Fsp3) is 0. The van der Waals surface area contributed by atoms with Crippen LogP contribution in [-0.2, 0) is 9.59 Å². The van der Waals surface area contributed by atoms with E-state index in [-0.39, 0.29) is 0 Å². The van der Waals surface area contributed by atoms with Gasteiger partial charge in [-0.1, -0.05) is 0 Å². The van der Waals surface area contributed by atoms with Crippen molar-refractivity contribution in [2.75, 3.05) is 0 Å². The first-order chi connectivity index (χ1) is 13.5. The molecule has 28 heavy (non-hydrogen) atoms. The molecule has 0 amide bonds. The lowest BCUT2D eigenvalue weighted by atomic mass is 10.2. The number of carboxylic acids is 2. The second-order valence-corrected chi connectivity index (χ2v) is 5.33. The molecule has 0 radical (unpaired) electrons. The number of benzene rings is 2. The number of hydrogen-bond donors (Lipinski definition) is 2. The molecule has 2 aromatic carbocycles. The van der Waals surface area contributed by atoms with Gasteiger partial charge in [-0.15, -0.1) is 20.4 Å². The standard InChI is InChI=1S/C18H12N6O4/c25-15(26)9-19-13-5-1-11(2-6-13)17-21-23-18(24-22-17)12-3-7-14(8-4-12)20-10-16(27)28/h1-10H,(H,25,26)(H,27,28). The average molecular weight is 376 g/mol. The molecule has 0 unspecified atom stereocenters. The average Bonchev–Trinajstić information content (AvgIpc) is 2.72. The monoisotopic (exact) mass is 376 g/mol. The predicted octanol–water partition coefficient (Wildman–Crippen LogP) is 2.17. The number of aromatic nitrogens is 4. The predicted molar refractivity (Wildman–Crippen MR) is 100 cm³/mol. The zero-order valence-electron chi connectivity index (χ0n) is 14.2. The highest BCUT2D eigenvalue weighted by Gasteiger charge is 2.07. The summed E-state index contributed by atoms with van der Waals surface area (Å²) in [5, 5.41) is 33.3. The van der Waals surface area contributed by atoms with E-state index in [1.807, 2.05) is 0 Å². The third-order valence-corrected chi connectivity index (χ3v) is 3.38. The molecular formula is C18H12N6O4. The van der Waals surface area contributed by atoms with Gasteiger partial charge in [-0.2, -0.15) is 0 Å². The molecule has 10 heteroatoms. The van der Waals surface area contributed by atoms with Crippen LogP contribution in [0.4, 0.5) is 11.4 Å². The Labute approximate surface area is 158 Å². The smallest absolute Gasteiger partial charge is 0.346 e. The van der Waals surface area contributed by atoms with Gasteiger partial charge in [0, 0.05) is 11.1 Å². The van der Waals surface area contributed by atoms with E-state index in [1.54, 1.807) is 48.5 Å². The van der Waals surface area contributed by atoms with E-state index in [4.69, 9.17) is 10.2 Å². The molecule has 0 aliphatic carbocycles. The van der Waals surface area contributed by atoms with Crippen molar-refractivity contribution in [3.8, 4) is 22.8 Å². The zero-order chi connectivity index (χ0) is 19.9. The maximum atomic E-state index is 10.5. The molecule has 2 N–H and O–H groups in total. The highest BCUT2D eigenvalue weighted by atomic mass is 16.4. The van der Waals surface area contributed by atoms with E-state index in [0.717, 1.165) is 12.4 Å². The van der Waals surface area contributed by atoms with Gasteiger partial charge in [0.2, 0.25) is 11.6 Å². The highest BCUT2D eigenvalue weighted by molar-refractivity contribution is 6.23. The number of carbonyl (C=O) groups is 2. The Bertz CT molecular complexity index is 958. The van der Waals surface area contributed by atoms with Crippen LogP contribution in [0.15, 0.2) is 58.5 Å². The molecule has 10 nitrogen and oxygen atoms in total. The minimum atomic E-state index is -1.13. The second kappa shape index (κ2) is 8.36. The van der Waals surface area contributed by atoms with E-state index in [9.17, 15) is 9.59 Å². The molecule has 3 rings (SSSR count). The number of aliphatic imine (C=N–C) groups is 2. The van der Waals surface area contributed by atoms with Crippen LogP contribution in [0.3, 0.4) is 0 Å². The normalized spacial score (nSPS) is 11.1. The number of aliphatic carboxylic acids is 2. The van der Waals surface area contributed by atoms with Crippen LogP contribution < -0.4 is 0 Å². The van der Waals surface area contributed by atoms with Crippen LogP contribution in [0.2, 0.25) is 0 Å². The first-order valence-electron chi connectivity index (χ1n) is 7.83. The van der Waals surface area contributed by atoms with Gasteiger partial charge in [-0.3, -0.25) is 0 Å². The van der Waals surface area contributed by atoms with E-state index in [0.29, 0.717) is 34.2 Å². The fourth-order valence-corrected chi connectivity index (χ4v) is 2.11. The molecule has 0 spiro atoms. The molecule has 0 bridgehead atoms. The maximum absolute atomic E-state index is 10.5. The minimum absolute atomic E-state index is 0.306. The van der Waals surface area contributed by atoms with Gasteiger partial charge in [0.25, 0.3) is 0 Å². The lowest BCUT2D eigenvalue weighted by molar-refractivity contribution is -0.129. The maximum Gasteiger partial charge on any atom is 0.346 e. The van der Waals surface area contributed by atoms with Crippen LogP contribution in [0.5, 0.6) is 0 Å². The molecule has 0 fully saturated rings. The van der Waals surface area contributed by atoms with Gasteiger partial charge in [-0.05, 0) is 48.5 Å². The number of rotatable bonds is 6. The van der Waals surface area contributed by atoms with Crippen LogP contribution in [-0.4, -0.2) is 55.0 Å². The van der Waals surface area contributed by atoms with Crippen LogP contribution in [0.25, 0.3) is 22.8 Å². The minimum Gasteiger partial charge on any atom is -0.477 e. The quantitative estimate of drug-likeness (QED) is 0.621. The summed E-state index contributed by atoms with van der Waals surface area (Å²) >= 11 is 0. The Balaban J connectivity index is 1.74. The lowest BCUT2D eigenvalue weighted by Gasteiger charge is -2.02. The van der Waals surface area contributed by atoms with Crippen LogP contribution in [0, 0.1) is 0 Å². The van der Waals surface area contributed by atoms with Gasteiger partial charge in [0.15, 0.2) is 0 Å². The van der Waals surface area contributed by atoms with Crippen molar-refractivity contribution in [3.05, 3.63) is 48.5 Å². The molecule has 1 aromatic heterocycles. The van der Waals surface area contributed by atoms with E-state index < -0.39 is 11.9 Å². The van der Waals surface area contributed by atoms with Crippen molar-refractivity contribution >= 4 is 35.7 Å². The van der Waals surface area contributed by atoms with Crippen molar-refractivity contribution in [1.82, 2.24) is 20.4 Å². The summed E-state index contributed by atoms with van der Waals surface area (Å²) in [7, 11) is 0. The summed E-state index contributed by atoms with van der Waals surface area (Å²) in [6.45, 7) is 0. The van der Waals surface area contributed by atoms with Crippen LogP contribution in [0.1, 0.15) is 0 Å². The Morgan fingerprint density at radius 1 is 0.643 bits per heavy atom. The Kier molecular flexibility index (Phi) is 5.51. The van der Waals surface area contributed by atoms with Crippen molar-refractivity contribution in [2.45, 2.75) is 0 Å². The highest BCUT2D eigenvalue weighted by Crippen LogP contribution is 2.21. The molecule has 138 valence electrons. The van der Waals surface area contributed by atoms with Crippen LogP contribution >= 0.6 is 0 Å². The summed E-state index contributed by atoms with van der Waals surface area (Å²) < 4.78 is 0. The van der Waals surface area contributed by atoms with Gasteiger partial charge >= 0.3 is 11.9 Å². The van der Waals surface area contributed by atoms with Gasteiger partial charge in [0.1, 0.15) is 12.4 Å². The molecule has 0 saturated heterocycles.